The number of halogens is 3. The molecule has 0 spiro atoms. The van der Waals surface area contributed by atoms with Gasteiger partial charge < -0.3 is 20.6 Å². The highest BCUT2D eigenvalue weighted by Crippen LogP contribution is 2.32. The van der Waals surface area contributed by atoms with Gasteiger partial charge in [0.15, 0.2) is 5.82 Å². The van der Waals surface area contributed by atoms with E-state index in [2.05, 4.69) is 30.7 Å². The molecule has 1 aliphatic rings. The summed E-state index contributed by atoms with van der Waals surface area (Å²) in [5.41, 5.74) is 1.33. The molecule has 0 unspecified atom stereocenters. The predicted molar refractivity (Wildman–Crippen MR) is 122 cm³/mol. The molecule has 3 aromatic heterocycles. The molecule has 0 saturated heterocycles. The molecular formula is C22H25F3N8O2. The maximum Gasteiger partial charge on any atom is 0.433 e. The highest BCUT2D eigenvalue weighted by molar-refractivity contribution is 6.03. The van der Waals surface area contributed by atoms with Crippen molar-refractivity contribution in [3.63, 3.8) is 0 Å². The largest absolute Gasteiger partial charge is 0.433 e. The number of alkyl halides is 3. The van der Waals surface area contributed by atoms with Gasteiger partial charge in [-0.2, -0.15) is 23.3 Å². The number of hydrogen-bond donors (Lipinski definition) is 3. The molecule has 0 radical (unpaired) electrons. The van der Waals surface area contributed by atoms with Crippen molar-refractivity contribution in [1.82, 2.24) is 24.7 Å². The molecule has 0 fully saturated rings. The zero-order valence-electron chi connectivity index (χ0n) is 19.6. The topological polar surface area (TPSA) is 121 Å². The van der Waals surface area contributed by atoms with E-state index >= 15 is 0 Å². The molecule has 186 valence electrons. The fourth-order valence-corrected chi connectivity index (χ4v) is 3.72. The number of nitrogens with zero attached hydrogens (tertiary/aromatic N) is 6. The van der Waals surface area contributed by atoms with Crippen molar-refractivity contribution in [2.24, 2.45) is 0 Å². The number of nitrogens with one attached hydrogen (secondary N) is 2. The molecule has 10 nitrogen and oxygen atoms in total. The molecule has 3 aromatic rings. The van der Waals surface area contributed by atoms with Crippen LogP contribution in [0.25, 0.3) is 0 Å². The van der Waals surface area contributed by atoms with Crippen LogP contribution in [0.1, 0.15) is 48.2 Å². The Morgan fingerprint density at radius 1 is 1.26 bits per heavy atom. The summed E-state index contributed by atoms with van der Waals surface area (Å²) >= 11 is 0. The fourth-order valence-electron chi connectivity index (χ4n) is 3.72. The van der Waals surface area contributed by atoms with Crippen LogP contribution in [0.4, 0.5) is 30.6 Å². The number of hydrogen-bond acceptors (Lipinski definition) is 8. The molecule has 4 rings (SSSR count). The van der Waals surface area contributed by atoms with Gasteiger partial charge in [-0.3, -0.25) is 9.48 Å². The first-order chi connectivity index (χ1) is 16.4. The van der Waals surface area contributed by atoms with Gasteiger partial charge in [-0.05, 0) is 32.4 Å². The zero-order valence-corrected chi connectivity index (χ0v) is 19.6. The number of aliphatic hydroxyl groups is 1. The zero-order chi connectivity index (χ0) is 25.5. The number of aryl methyl sites for hydroxylation is 1. The first-order valence-electron chi connectivity index (χ1n) is 10.9. The summed E-state index contributed by atoms with van der Waals surface area (Å²) in [5.74, 6) is 0.873. The van der Waals surface area contributed by atoms with Crippen LogP contribution >= 0.6 is 0 Å². The first-order valence-corrected chi connectivity index (χ1v) is 10.9. The van der Waals surface area contributed by atoms with Crippen LogP contribution in [0, 0.1) is 6.92 Å². The Labute approximate surface area is 199 Å². The number of aliphatic hydroxyl groups excluding tert-OH is 1. The quantitative estimate of drug-likeness (QED) is 0.482. The van der Waals surface area contributed by atoms with Gasteiger partial charge in [-0.1, -0.05) is 6.07 Å². The van der Waals surface area contributed by atoms with E-state index in [-0.39, 0.29) is 24.2 Å². The van der Waals surface area contributed by atoms with Crippen molar-refractivity contribution in [2.45, 2.75) is 52.2 Å². The number of carbonyl (C=O) groups is 1. The van der Waals surface area contributed by atoms with Crippen molar-refractivity contribution < 1.29 is 23.1 Å². The molecule has 0 bridgehead atoms. The average molecular weight is 490 g/mol. The Hall–Kier alpha value is -3.74. The van der Waals surface area contributed by atoms with E-state index in [9.17, 15) is 23.1 Å². The van der Waals surface area contributed by atoms with E-state index in [1.165, 1.54) is 13.0 Å². The third kappa shape index (κ3) is 5.04. The van der Waals surface area contributed by atoms with E-state index in [1.807, 2.05) is 0 Å². The number of likely N-dealkylation sites (N-methyl/N-ethyl adjacent to an activating group) is 1. The average Bonchev–Trinajstić information content (AvgIpc) is 3.23. The summed E-state index contributed by atoms with van der Waals surface area (Å²) in [7, 11) is 1.79. The molecule has 1 aliphatic heterocycles. The second-order valence-electron chi connectivity index (χ2n) is 8.42. The Morgan fingerprint density at radius 2 is 2.00 bits per heavy atom. The molecule has 0 aliphatic carbocycles. The molecule has 1 amide bonds. The standard InChI is InChI=1S/C22H25F3N8O2/c1-11-17-19(32(4)12(2)20(35)30-17)31-21(28-11)26-7-14-8-27-33(9-14)10-15-5-6-16(22(23,24)25)29-18(15)13(3)34/h5-6,8-9,12-13,34H,7,10H2,1-4H3,(H,30,35)(H,26,28,31)/t12-,13-/m0/s1. The van der Waals surface area contributed by atoms with E-state index in [4.69, 9.17) is 0 Å². The van der Waals surface area contributed by atoms with Gasteiger partial charge >= 0.3 is 6.18 Å². The van der Waals surface area contributed by atoms with E-state index in [0.29, 0.717) is 35.3 Å². The van der Waals surface area contributed by atoms with Gasteiger partial charge in [0.05, 0.1) is 30.2 Å². The van der Waals surface area contributed by atoms with Gasteiger partial charge in [-0.15, -0.1) is 0 Å². The number of anilines is 3. The van der Waals surface area contributed by atoms with Gasteiger partial charge in [0.1, 0.15) is 17.4 Å². The van der Waals surface area contributed by atoms with Crippen molar-refractivity contribution in [1.29, 1.82) is 0 Å². The van der Waals surface area contributed by atoms with Crippen LogP contribution in [-0.4, -0.2) is 48.8 Å². The smallest absolute Gasteiger partial charge is 0.387 e. The summed E-state index contributed by atoms with van der Waals surface area (Å²) in [6, 6.07) is 1.83. The van der Waals surface area contributed by atoms with E-state index < -0.39 is 18.0 Å². The Balaban J connectivity index is 1.47. The van der Waals surface area contributed by atoms with Crippen LogP contribution in [0.3, 0.4) is 0 Å². The maximum atomic E-state index is 13.0. The Morgan fingerprint density at radius 3 is 2.69 bits per heavy atom. The van der Waals surface area contributed by atoms with E-state index in [1.54, 1.807) is 42.9 Å². The molecule has 0 saturated carbocycles. The Bertz CT molecular complexity index is 1260. The van der Waals surface area contributed by atoms with Crippen molar-refractivity contribution >= 4 is 23.4 Å². The highest BCUT2D eigenvalue weighted by Gasteiger charge is 2.33. The van der Waals surface area contributed by atoms with Gasteiger partial charge in [-0.25, -0.2) is 9.97 Å². The van der Waals surface area contributed by atoms with Crippen LogP contribution in [-0.2, 0) is 24.1 Å². The van der Waals surface area contributed by atoms with Crippen LogP contribution < -0.4 is 15.5 Å². The molecule has 3 N–H and O–H groups in total. The second kappa shape index (κ2) is 9.13. The number of fused-ring (bicyclic) bond motifs is 1. The van der Waals surface area contributed by atoms with Crippen molar-refractivity contribution in [3.8, 4) is 0 Å². The highest BCUT2D eigenvalue weighted by atomic mass is 19.4. The predicted octanol–water partition coefficient (Wildman–Crippen LogP) is 2.89. The summed E-state index contributed by atoms with van der Waals surface area (Å²) in [5, 5.41) is 20.2. The van der Waals surface area contributed by atoms with E-state index in [0.717, 1.165) is 11.6 Å². The molecule has 4 heterocycles. The summed E-state index contributed by atoms with van der Waals surface area (Å²) in [6.45, 7) is 5.42. The third-order valence-electron chi connectivity index (χ3n) is 5.78. The van der Waals surface area contributed by atoms with Crippen molar-refractivity contribution in [3.05, 3.63) is 52.7 Å². The number of aromatic nitrogens is 5. The first kappa shape index (κ1) is 24.4. The minimum absolute atomic E-state index is 0.0432. The van der Waals surface area contributed by atoms with Gasteiger partial charge in [0.2, 0.25) is 11.9 Å². The lowest BCUT2D eigenvalue weighted by Gasteiger charge is -2.32. The minimum Gasteiger partial charge on any atom is -0.387 e. The molecule has 35 heavy (non-hydrogen) atoms. The van der Waals surface area contributed by atoms with Crippen LogP contribution in [0.5, 0.6) is 0 Å². The lowest BCUT2D eigenvalue weighted by molar-refractivity contribution is -0.141. The number of pyridine rings is 1. The van der Waals surface area contributed by atoms with Gasteiger partial charge in [0, 0.05) is 25.4 Å². The monoisotopic (exact) mass is 490 g/mol. The fraction of sp³-hybridized carbons (Fsp3) is 0.409. The second-order valence-corrected chi connectivity index (χ2v) is 8.42. The number of amides is 1. The number of rotatable bonds is 6. The lowest BCUT2D eigenvalue weighted by Crippen LogP contribution is -2.44. The summed E-state index contributed by atoms with van der Waals surface area (Å²) in [4.78, 5) is 26.4. The summed E-state index contributed by atoms with van der Waals surface area (Å²) < 4.78 is 40.5. The number of carbonyl (C=O) groups excluding carboxylic acids is 1. The SMILES string of the molecule is Cc1nc(NCc2cnn(Cc3ccc(C(F)(F)F)nc3[C@H](C)O)c2)nc2c1NC(=O)[C@H](C)N2C. The third-order valence-corrected chi connectivity index (χ3v) is 5.78. The Kier molecular flexibility index (Phi) is 6.36. The van der Waals surface area contributed by atoms with Gasteiger partial charge in [0.25, 0.3) is 0 Å². The maximum absolute atomic E-state index is 13.0. The van der Waals surface area contributed by atoms with Crippen molar-refractivity contribution in [2.75, 3.05) is 22.6 Å². The minimum atomic E-state index is -4.59. The van der Waals surface area contributed by atoms with Crippen LogP contribution in [0.2, 0.25) is 0 Å². The lowest BCUT2D eigenvalue weighted by atomic mass is 10.1. The normalized spacial score (nSPS) is 16.6. The molecule has 0 aromatic carbocycles. The molecular weight excluding hydrogens is 465 g/mol. The molecule has 2 atom stereocenters. The van der Waals surface area contributed by atoms with Crippen LogP contribution in [0.15, 0.2) is 24.5 Å². The summed E-state index contributed by atoms with van der Waals surface area (Å²) in [6.07, 6.45) is -2.41. The molecule has 13 heteroatoms.